The summed E-state index contributed by atoms with van der Waals surface area (Å²) >= 11 is 0. The lowest BCUT2D eigenvalue weighted by Crippen LogP contribution is -2.21. The number of fused-ring (bicyclic) bond motifs is 17. The van der Waals surface area contributed by atoms with Crippen LogP contribution >= 0.6 is 0 Å². The van der Waals surface area contributed by atoms with Crippen LogP contribution in [-0.2, 0) is 11.8 Å². The van der Waals surface area contributed by atoms with E-state index in [0.717, 1.165) is 23.5 Å². The van der Waals surface area contributed by atoms with Crippen molar-refractivity contribution in [3.63, 3.8) is 0 Å². The monoisotopic (exact) mass is 853 g/mol. The van der Waals surface area contributed by atoms with Crippen molar-refractivity contribution in [1.29, 1.82) is 0 Å². The molecule has 15 rings (SSSR count). The lowest BCUT2D eigenvalue weighted by Gasteiger charge is -2.35. The number of para-hydroxylation sites is 5. The molecule has 314 valence electrons. The molecule has 13 aromatic rings. The third kappa shape index (κ3) is 5.01. The molecule has 0 radical (unpaired) electrons. The van der Waals surface area contributed by atoms with Gasteiger partial charge in [0.05, 0.1) is 44.8 Å². The van der Waals surface area contributed by atoms with Crippen LogP contribution in [0.15, 0.2) is 212 Å². The lowest BCUT2D eigenvalue weighted by molar-refractivity contribution is 0.661. The standard InChI is InChI=1S/C64H43N3/c1-64(2)56-37-53-47-21-7-5-19-45(47)44-18-4-6-20-46(44)52(53)36-55(56)54-32-40-31-39-17-3-12-26-58(39)65(63(40)38-57(54)64)41-33-42(66-59-27-13-8-22-48(59)49-23-9-14-28-60(49)66)35-43(34-41)67-61-29-15-10-24-50(61)51-25-11-16-30-62(51)67/h3-30,32-38H,31H2,1-2H3. The Morgan fingerprint density at radius 1 is 0.313 bits per heavy atom. The number of nitrogens with zero attached hydrogens (tertiary/aromatic N) is 3. The Hall–Kier alpha value is -8.40. The molecule has 2 aromatic heterocycles. The molecule has 0 atom stereocenters. The van der Waals surface area contributed by atoms with E-state index in [1.54, 1.807) is 0 Å². The summed E-state index contributed by atoms with van der Waals surface area (Å²) in [6.45, 7) is 4.87. The zero-order valence-electron chi connectivity index (χ0n) is 37.3. The normalized spacial score (nSPS) is 13.9. The average molecular weight is 854 g/mol. The van der Waals surface area contributed by atoms with Crippen LogP contribution in [0.25, 0.3) is 98.4 Å². The molecule has 1 aliphatic heterocycles. The first-order valence-corrected chi connectivity index (χ1v) is 23.6. The summed E-state index contributed by atoms with van der Waals surface area (Å²) < 4.78 is 4.95. The van der Waals surface area contributed by atoms with Crippen LogP contribution in [0.1, 0.15) is 36.1 Å². The Kier molecular flexibility index (Phi) is 7.35. The van der Waals surface area contributed by atoms with Crippen LogP contribution in [0.2, 0.25) is 0 Å². The number of anilines is 3. The van der Waals surface area contributed by atoms with Crippen molar-refractivity contribution in [3.8, 4) is 22.5 Å². The molecule has 3 heterocycles. The van der Waals surface area contributed by atoms with Gasteiger partial charge >= 0.3 is 0 Å². The van der Waals surface area contributed by atoms with E-state index in [1.807, 2.05) is 0 Å². The summed E-state index contributed by atoms with van der Waals surface area (Å²) in [4.78, 5) is 2.57. The molecule has 0 bridgehead atoms. The van der Waals surface area contributed by atoms with E-state index in [4.69, 9.17) is 0 Å². The van der Waals surface area contributed by atoms with Crippen molar-refractivity contribution in [2.45, 2.75) is 25.7 Å². The highest BCUT2D eigenvalue weighted by Gasteiger charge is 2.39. The molecule has 0 saturated heterocycles. The maximum atomic E-state index is 2.57. The summed E-state index contributed by atoms with van der Waals surface area (Å²) in [5, 5.41) is 12.9. The second kappa shape index (κ2) is 13.3. The van der Waals surface area contributed by atoms with E-state index in [0.29, 0.717) is 0 Å². The summed E-state index contributed by atoms with van der Waals surface area (Å²) in [5.74, 6) is 0. The fourth-order valence-electron chi connectivity index (χ4n) is 12.4. The minimum absolute atomic E-state index is 0.234. The third-order valence-electron chi connectivity index (χ3n) is 15.4. The first-order chi connectivity index (χ1) is 33.0. The highest BCUT2D eigenvalue weighted by Crippen LogP contribution is 2.56. The first-order valence-electron chi connectivity index (χ1n) is 23.6. The Morgan fingerprint density at radius 2 is 0.701 bits per heavy atom. The van der Waals surface area contributed by atoms with Crippen LogP contribution in [0.3, 0.4) is 0 Å². The van der Waals surface area contributed by atoms with Crippen molar-refractivity contribution in [2.24, 2.45) is 0 Å². The van der Waals surface area contributed by atoms with Gasteiger partial charge in [-0.1, -0.05) is 153 Å². The van der Waals surface area contributed by atoms with E-state index >= 15 is 0 Å². The van der Waals surface area contributed by atoms with Gasteiger partial charge in [0.1, 0.15) is 0 Å². The van der Waals surface area contributed by atoms with Crippen LogP contribution in [0.5, 0.6) is 0 Å². The van der Waals surface area contributed by atoms with Gasteiger partial charge in [-0.05, 0) is 138 Å². The molecule has 0 fully saturated rings. The van der Waals surface area contributed by atoms with Gasteiger partial charge in [-0.25, -0.2) is 0 Å². The molecule has 0 saturated carbocycles. The van der Waals surface area contributed by atoms with Crippen LogP contribution in [0, 0.1) is 0 Å². The van der Waals surface area contributed by atoms with Gasteiger partial charge in [0.25, 0.3) is 0 Å². The van der Waals surface area contributed by atoms with Gasteiger partial charge < -0.3 is 14.0 Å². The van der Waals surface area contributed by atoms with Crippen molar-refractivity contribution in [1.82, 2.24) is 9.13 Å². The van der Waals surface area contributed by atoms with Crippen LogP contribution in [0.4, 0.5) is 17.1 Å². The third-order valence-corrected chi connectivity index (χ3v) is 15.4. The first kappa shape index (κ1) is 36.9. The van der Waals surface area contributed by atoms with Crippen molar-refractivity contribution < 1.29 is 0 Å². The maximum absolute atomic E-state index is 2.57. The summed E-state index contributed by atoms with van der Waals surface area (Å²) in [7, 11) is 0. The minimum Gasteiger partial charge on any atom is -0.310 e. The highest BCUT2D eigenvalue weighted by molar-refractivity contribution is 6.26. The molecular formula is C64H43N3. The average Bonchev–Trinajstić information content (AvgIpc) is 3.97. The van der Waals surface area contributed by atoms with Gasteiger partial charge in [-0.15, -0.1) is 0 Å². The summed E-state index contributed by atoms with van der Waals surface area (Å²) in [5.41, 5.74) is 18.5. The number of hydrogen-bond acceptors (Lipinski definition) is 1. The van der Waals surface area contributed by atoms with Gasteiger partial charge in [0.2, 0.25) is 0 Å². The van der Waals surface area contributed by atoms with Gasteiger partial charge in [-0.3, -0.25) is 0 Å². The SMILES string of the molecule is CC1(C)c2cc3c(cc2-c2cc4c5ccccc5c5ccccc5c4cc21)Cc1ccccc1N3c1cc(-n2c3ccccc3c3ccccc32)cc(-n2c3ccccc3c3ccccc32)c1. The zero-order valence-corrected chi connectivity index (χ0v) is 37.3. The van der Waals surface area contributed by atoms with Gasteiger partial charge in [0.15, 0.2) is 0 Å². The smallest absolute Gasteiger partial charge is 0.0541 e. The van der Waals surface area contributed by atoms with Crippen molar-refractivity contribution in [3.05, 3.63) is 235 Å². The molecule has 2 aliphatic rings. The molecule has 11 aromatic carbocycles. The highest BCUT2D eigenvalue weighted by atomic mass is 15.2. The van der Waals surface area contributed by atoms with Gasteiger partial charge in [-0.2, -0.15) is 0 Å². The number of aromatic nitrogens is 2. The second-order valence-electron chi connectivity index (χ2n) is 19.3. The fraction of sp³-hybridized carbons (Fsp3) is 0.0625. The van der Waals surface area contributed by atoms with Crippen molar-refractivity contribution >= 4 is 93.0 Å². The Balaban J connectivity index is 1.01. The van der Waals surface area contributed by atoms with Gasteiger partial charge in [0, 0.05) is 39.1 Å². The van der Waals surface area contributed by atoms with E-state index in [1.165, 1.54) is 121 Å². The minimum atomic E-state index is -0.234. The molecular weight excluding hydrogens is 811 g/mol. The Morgan fingerprint density at radius 3 is 1.22 bits per heavy atom. The lowest BCUT2D eigenvalue weighted by atomic mass is 9.80. The van der Waals surface area contributed by atoms with Crippen LogP contribution in [-0.4, -0.2) is 9.13 Å². The molecule has 0 unspecified atom stereocenters. The van der Waals surface area contributed by atoms with Crippen molar-refractivity contribution in [2.75, 3.05) is 4.90 Å². The van der Waals surface area contributed by atoms with E-state index in [-0.39, 0.29) is 5.41 Å². The molecule has 3 nitrogen and oxygen atoms in total. The summed E-state index contributed by atoms with van der Waals surface area (Å²) in [6.07, 6.45) is 0.860. The molecule has 0 amide bonds. The molecule has 0 N–H and O–H groups in total. The number of rotatable bonds is 3. The predicted octanol–water partition coefficient (Wildman–Crippen LogP) is 17.0. The Labute approximate surface area is 388 Å². The topological polar surface area (TPSA) is 13.1 Å². The van der Waals surface area contributed by atoms with E-state index < -0.39 is 0 Å². The largest absolute Gasteiger partial charge is 0.310 e. The zero-order chi connectivity index (χ0) is 44.1. The maximum Gasteiger partial charge on any atom is 0.0541 e. The van der Waals surface area contributed by atoms with Crippen LogP contribution < -0.4 is 4.90 Å². The molecule has 3 heteroatoms. The quantitative estimate of drug-likeness (QED) is 0.161. The predicted molar refractivity (Wildman–Crippen MR) is 283 cm³/mol. The summed E-state index contributed by atoms with van der Waals surface area (Å²) in [6, 6.07) is 79.8. The van der Waals surface area contributed by atoms with E-state index in [9.17, 15) is 0 Å². The molecule has 67 heavy (non-hydrogen) atoms. The molecule has 0 spiro atoms. The Bertz CT molecular complexity index is 4050. The fourth-order valence-corrected chi connectivity index (χ4v) is 12.4. The van der Waals surface area contributed by atoms with E-state index in [2.05, 4.69) is 240 Å². The number of hydrogen-bond donors (Lipinski definition) is 0. The second-order valence-corrected chi connectivity index (χ2v) is 19.3. The number of benzene rings is 11. The molecule has 1 aliphatic carbocycles.